The van der Waals surface area contributed by atoms with Crippen LogP contribution in [0.25, 0.3) is 0 Å². The Morgan fingerprint density at radius 1 is 1.12 bits per heavy atom. The highest BCUT2D eigenvalue weighted by atomic mass is 16.6. The third kappa shape index (κ3) is 6.29. The predicted molar refractivity (Wildman–Crippen MR) is 57.0 cm³/mol. The van der Waals surface area contributed by atoms with E-state index in [9.17, 15) is 14.4 Å². The van der Waals surface area contributed by atoms with Gasteiger partial charge in [0.1, 0.15) is 11.6 Å². The van der Waals surface area contributed by atoms with Crippen LogP contribution in [0.3, 0.4) is 0 Å². The van der Waals surface area contributed by atoms with Crippen molar-refractivity contribution in [3.63, 3.8) is 0 Å². The fraction of sp³-hybridized carbons (Fsp3) is 0.727. The van der Waals surface area contributed by atoms with Gasteiger partial charge >= 0.3 is 5.97 Å². The lowest BCUT2D eigenvalue weighted by Crippen LogP contribution is -2.29. The first-order valence-corrected chi connectivity index (χ1v) is 5.30. The first-order chi connectivity index (χ1) is 7.51. The highest BCUT2D eigenvalue weighted by Crippen LogP contribution is 2.05. The zero-order valence-electron chi connectivity index (χ0n) is 9.95. The van der Waals surface area contributed by atoms with Gasteiger partial charge < -0.3 is 9.47 Å². The van der Waals surface area contributed by atoms with E-state index in [1.165, 1.54) is 6.92 Å². The van der Waals surface area contributed by atoms with Crippen molar-refractivity contribution in [1.82, 2.24) is 0 Å². The zero-order valence-corrected chi connectivity index (χ0v) is 9.95. The van der Waals surface area contributed by atoms with Gasteiger partial charge in [0.2, 0.25) is 0 Å². The number of carbonyl (C=O) groups is 3. The van der Waals surface area contributed by atoms with Gasteiger partial charge in [-0.2, -0.15) is 0 Å². The largest absolute Gasteiger partial charge is 0.464 e. The number of carbonyl (C=O) groups excluding carboxylic acids is 3. The Balaban J connectivity index is 4.26. The Kier molecular flexibility index (Phi) is 7.37. The van der Waals surface area contributed by atoms with Crippen LogP contribution in [-0.2, 0) is 23.9 Å². The highest BCUT2D eigenvalue weighted by molar-refractivity contribution is 5.99. The summed E-state index contributed by atoms with van der Waals surface area (Å²) in [6.07, 6.45) is -1.16. The fourth-order valence-electron chi connectivity index (χ4n) is 1.20. The molecular weight excluding hydrogens is 212 g/mol. The number of hydrogen-bond acceptors (Lipinski definition) is 5. The van der Waals surface area contributed by atoms with Crippen LogP contribution in [0.1, 0.15) is 33.6 Å². The van der Waals surface area contributed by atoms with Gasteiger partial charge in [0, 0.05) is 13.0 Å². The molecule has 0 amide bonds. The minimum Gasteiger partial charge on any atom is -0.464 e. The molecule has 5 heteroatoms. The molecule has 0 aromatic rings. The summed E-state index contributed by atoms with van der Waals surface area (Å²) in [4.78, 5) is 33.4. The molecule has 92 valence electrons. The van der Waals surface area contributed by atoms with Crippen LogP contribution in [-0.4, -0.2) is 36.9 Å². The normalized spacial score (nSPS) is 11.9. The van der Waals surface area contributed by atoms with Crippen molar-refractivity contribution in [3.8, 4) is 0 Å². The maximum absolute atomic E-state index is 11.4. The lowest BCUT2D eigenvalue weighted by Gasteiger charge is -2.14. The van der Waals surface area contributed by atoms with Gasteiger partial charge in [-0.1, -0.05) is 0 Å². The van der Waals surface area contributed by atoms with Crippen LogP contribution in [0.4, 0.5) is 0 Å². The SMILES string of the molecule is CCOC(=O)C(CC(=O)CC(C)=O)OCC. The predicted octanol–water partition coefficient (Wildman–Crippen LogP) is 0.893. The average Bonchev–Trinajstić information content (AvgIpc) is 2.16. The molecule has 0 aliphatic carbocycles. The lowest BCUT2D eigenvalue weighted by molar-refractivity contribution is -0.158. The smallest absolute Gasteiger partial charge is 0.335 e. The van der Waals surface area contributed by atoms with E-state index in [0.717, 1.165) is 0 Å². The molecule has 0 rings (SSSR count). The second kappa shape index (κ2) is 7.98. The van der Waals surface area contributed by atoms with Gasteiger partial charge in [-0.15, -0.1) is 0 Å². The Morgan fingerprint density at radius 2 is 1.75 bits per heavy atom. The second-order valence-electron chi connectivity index (χ2n) is 3.32. The van der Waals surface area contributed by atoms with Crippen molar-refractivity contribution >= 4 is 17.5 Å². The molecule has 0 saturated carbocycles. The average molecular weight is 230 g/mol. The molecule has 1 atom stereocenters. The van der Waals surface area contributed by atoms with Gasteiger partial charge in [-0.05, 0) is 20.8 Å². The monoisotopic (exact) mass is 230 g/mol. The van der Waals surface area contributed by atoms with Crippen molar-refractivity contribution in [3.05, 3.63) is 0 Å². The summed E-state index contributed by atoms with van der Waals surface area (Å²) in [7, 11) is 0. The topological polar surface area (TPSA) is 69.7 Å². The third-order valence-electron chi connectivity index (χ3n) is 1.78. The summed E-state index contributed by atoms with van der Waals surface area (Å²) < 4.78 is 9.86. The van der Waals surface area contributed by atoms with Crippen molar-refractivity contribution < 1.29 is 23.9 Å². The van der Waals surface area contributed by atoms with Crippen LogP contribution in [0.5, 0.6) is 0 Å². The van der Waals surface area contributed by atoms with E-state index in [2.05, 4.69) is 0 Å². The zero-order chi connectivity index (χ0) is 12.6. The number of rotatable bonds is 8. The molecule has 0 aromatic heterocycles. The van der Waals surface area contributed by atoms with Gasteiger partial charge in [-0.25, -0.2) is 4.79 Å². The molecular formula is C11H18O5. The Labute approximate surface area is 95.1 Å². The molecule has 0 aromatic carbocycles. The summed E-state index contributed by atoms with van der Waals surface area (Å²) in [5.41, 5.74) is 0. The van der Waals surface area contributed by atoms with Crippen LogP contribution in [0.15, 0.2) is 0 Å². The van der Waals surface area contributed by atoms with E-state index in [1.54, 1.807) is 13.8 Å². The van der Waals surface area contributed by atoms with Gasteiger partial charge in [0.25, 0.3) is 0 Å². The molecule has 0 N–H and O–H groups in total. The number of ketones is 2. The summed E-state index contributed by atoms with van der Waals surface area (Å²) in [5, 5.41) is 0. The van der Waals surface area contributed by atoms with Crippen LogP contribution in [0.2, 0.25) is 0 Å². The molecule has 0 radical (unpaired) electrons. The molecule has 0 aliphatic rings. The van der Waals surface area contributed by atoms with E-state index >= 15 is 0 Å². The Bertz CT molecular complexity index is 259. The van der Waals surface area contributed by atoms with E-state index in [-0.39, 0.29) is 31.0 Å². The highest BCUT2D eigenvalue weighted by Gasteiger charge is 2.23. The number of ether oxygens (including phenoxy) is 2. The number of hydrogen-bond donors (Lipinski definition) is 0. The quantitative estimate of drug-likeness (QED) is 0.457. The number of Topliss-reactive ketones (excluding diaryl/α,β-unsaturated/α-hetero) is 2. The maximum Gasteiger partial charge on any atom is 0.335 e. The molecule has 0 spiro atoms. The molecule has 5 nitrogen and oxygen atoms in total. The molecule has 0 heterocycles. The van der Waals surface area contributed by atoms with E-state index in [4.69, 9.17) is 9.47 Å². The molecule has 0 aliphatic heterocycles. The van der Waals surface area contributed by atoms with Crippen LogP contribution in [0, 0.1) is 0 Å². The molecule has 0 bridgehead atoms. The third-order valence-corrected chi connectivity index (χ3v) is 1.78. The summed E-state index contributed by atoms with van der Waals surface area (Å²) in [6.45, 7) is 5.29. The van der Waals surface area contributed by atoms with Crippen molar-refractivity contribution in [2.45, 2.75) is 39.7 Å². The van der Waals surface area contributed by atoms with E-state index < -0.39 is 12.1 Å². The van der Waals surface area contributed by atoms with E-state index in [1.807, 2.05) is 0 Å². The molecule has 16 heavy (non-hydrogen) atoms. The van der Waals surface area contributed by atoms with Crippen LogP contribution >= 0.6 is 0 Å². The van der Waals surface area contributed by atoms with Crippen molar-refractivity contribution in [1.29, 1.82) is 0 Å². The van der Waals surface area contributed by atoms with E-state index in [0.29, 0.717) is 6.61 Å². The fourth-order valence-corrected chi connectivity index (χ4v) is 1.20. The van der Waals surface area contributed by atoms with Crippen molar-refractivity contribution in [2.75, 3.05) is 13.2 Å². The van der Waals surface area contributed by atoms with Gasteiger partial charge in [0.15, 0.2) is 6.10 Å². The molecule has 0 saturated heterocycles. The standard InChI is InChI=1S/C11H18O5/c1-4-15-10(11(14)16-5-2)7-9(13)6-8(3)12/h10H,4-7H2,1-3H3. The second-order valence-corrected chi connectivity index (χ2v) is 3.32. The maximum atomic E-state index is 11.4. The number of esters is 1. The van der Waals surface area contributed by atoms with Gasteiger partial charge in [0.05, 0.1) is 13.0 Å². The summed E-state index contributed by atoms with van der Waals surface area (Å²) in [5.74, 6) is -1.08. The minimum absolute atomic E-state index is 0.105. The van der Waals surface area contributed by atoms with Crippen LogP contribution < -0.4 is 0 Å². The Morgan fingerprint density at radius 3 is 2.19 bits per heavy atom. The lowest BCUT2D eigenvalue weighted by atomic mass is 10.1. The summed E-state index contributed by atoms with van der Waals surface area (Å²) >= 11 is 0. The first kappa shape index (κ1) is 14.8. The molecule has 0 fully saturated rings. The molecule has 1 unspecified atom stereocenters. The first-order valence-electron chi connectivity index (χ1n) is 5.30. The summed E-state index contributed by atoms with van der Waals surface area (Å²) in [6, 6.07) is 0. The minimum atomic E-state index is -0.892. The Hall–Kier alpha value is -1.23. The van der Waals surface area contributed by atoms with Gasteiger partial charge in [-0.3, -0.25) is 9.59 Å². The van der Waals surface area contributed by atoms with Crippen molar-refractivity contribution in [2.24, 2.45) is 0 Å².